The molecule has 0 aromatic heterocycles. The molecule has 2 aromatic rings. The Morgan fingerprint density at radius 1 is 0.893 bits per heavy atom. The Balaban J connectivity index is 1.62. The third-order valence-electron chi connectivity index (χ3n) is 3.66. The molecule has 6 nitrogen and oxygen atoms in total. The molecule has 0 spiro atoms. The van der Waals surface area contributed by atoms with Crippen molar-refractivity contribution >= 4 is 23.6 Å². The average Bonchev–Trinajstić information content (AvgIpc) is 2.74. The van der Waals surface area contributed by atoms with Gasteiger partial charge in [0.05, 0.1) is 5.75 Å². The van der Waals surface area contributed by atoms with Gasteiger partial charge in [0, 0.05) is 0 Å². The van der Waals surface area contributed by atoms with Crippen molar-refractivity contribution in [2.45, 2.75) is 26.4 Å². The SMILES string of the molecule is CCCCSCC(=O)NNC(=O)COc1ccc(OCc2ccccc2)cc1. The molecule has 0 aliphatic rings. The number of thioether (sulfide) groups is 1. The minimum Gasteiger partial charge on any atom is -0.489 e. The standard InChI is InChI=1S/C21H26N2O4S/c1-2-3-13-28-16-21(25)23-22-20(24)15-27-19-11-9-18(10-12-19)26-14-17-7-5-4-6-8-17/h4-12H,2-3,13-16H2,1H3,(H,22,24)(H,23,25). The van der Waals surface area contributed by atoms with Gasteiger partial charge in [-0.2, -0.15) is 11.8 Å². The van der Waals surface area contributed by atoms with Crippen molar-refractivity contribution in [2.75, 3.05) is 18.1 Å². The normalized spacial score (nSPS) is 10.2. The van der Waals surface area contributed by atoms with E-state index < -0.39 is 5.91 Å². The molecule has 0 bridgehead atoms. The number of ether oxygens (including phenoxy) is 2. The Labute approximate surface area is 170 Å². The Kier molecular flexibility index (Phi) is 9.79. The number of hydrazine groups is 1. The van der Waals surface area contributed by atoms with E-state index in [4.69, 9.17) is 9.47 Å². The van der Waals surface area contributed by atoms with Gasteiger partial charge in [-0.05, 0) is 42.0 Å². The first kappa shape index (κ1) is 21.6. The first-order chi connectivity index (χ1) is 13.7. The summed E-state index contributed by atoms with van der Waals surface area (Å²) in [5, 5.41) is 0. The summed E-state index contributed by atoms with van der Waals surface area (Å²) < 4.78 is 11.1. The van der Waals surface area contributed by atoms with Crippen LogP contribution >= 0.6 is 11.8 Å². The first-order valence-corrected chi connectivity index (χ1v) is 10.4. The van der Waals surface area contributed by atoms with E-state index in [2.05, 4.69) is 17.8 Å². The summed E-state index contributed by atoms with van der Waals surface area (Å²) in [6, 6.07) is 16.9. The molecule has 2 amide bonds. The molecule has 0 saturated carbocycles. The second kappa shape index (κ2) is 12.7. The maximum Gasteiger partial charge on any atom is 0.276 e. The van der Waals surface area contributed by atoms with Gasteiger partial charge in [0.2, 0.25) is 5.91 Å². The highest BCUT2D eigenvalue weighted by atomic mass is 32.2. The first-order valence-electron chi connectivity index (χ1n) is 9.22. The fourth-order valence-corrected chi connectivity index (χ4v) is 3.04. The van der Waals surface area contributed by atoms with Crippen LogP contribution in [0.2, 0.25) is 0 Å². The molecule has 0 atom stereocenters. The zero-order valence-electron chi connectivity index (χ0n) is 16.0. The predicted octanol–water partition coefficient (Wildman–Crippen LogP) is 3.33. The van der Waals surface area contributed by atoms with Crippen LogP contribution in [-0.2, 0) is 16.2 Å². The van der Waals surface area contributed by atoms with Crippen molar-refractivity contribution < 1.29 is 19.1 Å². The van der Waals surface area contributed by atoms with Crippen LogP contribution in [0.25, 0.3) is 0 Å². The van der Waals surface area contributed by atoms with Crippen LogP contribution in [-0.4, -0.2) is 29.9 Å². The van der Waals surface area contributed by atoms with Crippen LogP contribution in [0.4, 0.5) is 0 Å². The molecule has 0 saturated heterocycles. The van der Waals surface area contributed by atoms with Crippen molar-refractivity contribution in [3.8, 4) is 11.5 Å². The van der Waals surface area contributed by atoms with Crippen LogP contribution in [0.15, 0.2) is 54.6 Å². The van der Waals surface area contributed by atoms with E-state index in [1.54, 1.807) is 36.0 Å². The molecular weight excluding hydrogens is 376 g/mol. The number of unbranched alkanes of at least 4 members (excludes halogenated alkanes) is 1. The summed E-state index contributed by atoms with van der Waals surface area (Å²) in [4.78, 5) is 23.3. The highest BCUT2D eigenvalue weighted by molar-refractivity contribution is 7.99. The molecule has 2 N–H and O–H groups in total. The fraction of sp³-hybridized carbons (Fsp3) is 0.333. The summed E-state index contributed by atoms with van der Waals surface area (Å²) in [7, 11) is 0. The van der Waals surface area contributed by atoms with Gasteiger partial charge in [-0.15, -0.1) is 0 Å². The molecule has 0 radical (unpaired) electrons. The van der Waals surface area contributed by atoms with Crippen LogP contribution in [0.5, 0.6) is 11.5 Å². The molecule has 0 fully saturated rings. The molecule has 28 heavy (non-hydrogen) atoms. The van der Waals surface area contributed by atoms with Crippen molar-refractivity contribution in [3.05, 3.63) is 60.2 Å². The third-order valence-corrected chi connectivity index (χ3v) is 4.70. The Morgan fingerprint density at radius 2 is 1.54 bits per heavy atom. The number of carbonyl (C=O) groups excluding carboxylic acids is 2. The molecule has 7 heteroatoms. The Morgan fingerprint density at radius 3 is 2.21 bits per heavy atom. The zero-order valence-corrected chi connectivity index (χ0v) is 16.8. The quantitative estimate of drug-likeness (QED) is 0.445. The molecule has 2 aromatic carbocycles. The van der Waals surface area contributed by atoms with Gasteiger partial charge in [-0.3, -0.25) is 20.4 Å². The van der Waals surface area contributed by atoms with Gasteiger partial charge in [0.15, 0.2) is 6.61 Å². The molecule has 150 valence electrons. The van der Waals surface area contributed by atoms with Crippen LogP contribution in [0, 0.1) is 0 Å². The number of rotatable bonds is 11. The Bertz CT molecular complexity index is 723. The van der Waals surface area contributed by atoms with Crippen molar-refractivity contribution in [3.63, 3.8) is 0 Å². The highest BCUT2D eigenvalue weighted by Gasteiger charge is 2.06. The minimum atomic E-state index is -0.420. The van der Waals surface area contributed by atoms with Gasteiger partial charge in [-0.25, -0.2) is 0 Å². The predicted molar refractivity (Wildman–Crippen MR) is 111 cm³/mol. The van der Waals surface area contributed by atoms with E-state index in [9.17, 15) is 9.59 Å². The third kappa shape index (κ3) is 8.81. The number of hydrogen-bond acceptors (Lipinski definition) is 5. The van der Waals surface area contributed by atoms with Gasteiger partial charge in [-0.1, -0.05) is 43.7 Å². The number of benzene rings is 2. The lowest BCUT2D eigenvalue weighted by Crippen LogP contribution is -2.44. The van der Waals surface area contributed by atoms with Crippen molar-refractivity contribution in [1.29, 1.82) is 0 Å². The van der Waals surface area contributed by atoms with Crippen LogP contribution in [0.1, 0.15) is 25.3 Å². The lowest BCUT2D eigenvalue weighted by atomic mass is 10.2. The second-order valence-corrected chi connectivity index (χ2v) is 7.14. The summed E-state index contributed by atoms with van der Waals surface area (Å²) in [5.74, 6) is 1.88. The van der Waals surface area contributed by atoms with Crippen LogP contribution < -0.4 is 20.3 Å². The van der Waals surface area contributed by atoms with E-state index in [1.807, 2.05) is 30.3 Å². The van der Waals surface area contributed by atoms with Crippen molar-refractivity contribution in [2.24, 2.45) is 0 Å². The van der Waals surface area contributed by atoms with Gasteiger partial charge in [0.25, 0.3) is 5.91 Å². The minimum absolute atomic E-state index is 0.187. The smallest absolute Gasteiger partial charge is 0.276 e. The molecule has 0 heterocycles. The molecule has 0 aliphatic heterocycles. The number of carbonyl (C=O) groups is 2. The van der Waals surface area contributed by atoms with Crippen molar-refractivity contribution in [1.82, 2.24) is 10.9 Å². The number of hydrogen-bond donors (Lipinski definition) is 2. The lowest BCUT2D eigenvalue weighted by Gasteiger charge is -2.10. The van der Waals surface area contributed by atoms with Gasteiger partial charge in [0.1, 0.15) is 18.1 Å². The molecular formula is C21H26N2O4S. The summed E-state index contributed by atoms with van der Waals surface area (Å²) in [6.45, 7) is 2.40. The summed E-state index contributed by atoms with van der Waals surface area (Å²) in [5.41, 5.74) is 5.81. The number of nitrogens with one attached hydrogen (secondary N) is 2. The van der Waals surface area contributed by atoms with E-state index >= 15 is 0 Å². The average molecular weight is 403 g/mol. The topological polar surface area (TPSA) is 76.7 Å². The molecule has 0 unspecified atom stereocenters. The lowest BCUT2D eigenvalue weighted by molar-refractivity contribution is -0.128. The van der Waals surface area contributed by atoms with Crippen LogP contribution in [0.3, 0.4) is 0 Å². The molecule has 2 rings (SSSR count). The maximum atomic E-state index is 11.7. The maximum absolute atomic E-state index is 11.7. The zero-order chi connectivity index (χ0) is 20.0. The van der Waals surface area contributed by atoms with E-state index in [0.29, 0.717) is 23.9 Å². The summed E-state index contributed by atoms with van der Waals surface area (Å²) >= 11 is 1.55. The monoisotopic (exact) mass is 402 g/mol. The van der Waals surface area contributed by atoms with E-state index in [-0.39, 0.29) is 12.5 Å². The molecule has 0 aliphatic carbocycles. The van der Waals surface area contributed by atoms with E-state index in [0.717, 1.165) is 24.2 Å². The van der Waals surface area contributed by atoms with Gasteiger partial charge >= 0.3 is 0 Å². The fourth-order valence-electron chi connectivity index (χ4n) is 2.14. The van der Waals surface area contributed by atoms with E-state index in [1.165, 1.54) is 0 Å². The second-order valence-electron chi connectivity index (χ2n) is 6.04. The summed E-state index contributed by atoms with van der Waals surface area (Å²) in [6.07, 6.45) is 2.18. The number of amides is 2. The largest absolute Gasteiger partial charge is 0.489 e. The highest BCUT2D eigenvalue weighted by Crippen LogP contribution is 2.18. The Hall–Kier alpha value is -2.67. The van der Waals surface area contributed by atoms with Gasteiger partial charge < -0.3 is 9.47 Å².